The summed E-state index contributed by atoms with van der Waals surface area (Å²) >= 11 is 6.67. The molecule has 1 fully saturated rings. The van der Waals surface area contributed by atoms with Gasteiger partial charge in [-0.1, -0.05) is 25.3 Å². The molecular weight excluding hydrogens is 228 g/mol. The second-order valence-corrected chi connectivity index (χ2v) is 6.20. The standard InChI is InChI=1S/C16H23Cl/c1-10-8-11(2)13(4)16(12(10)3)15(17)9-14-6-5-7-14/h8,14-15H,5-7,9H2,1-4H3. The monoisotopic (exact) mass is 250 g/mol. The van der Waals surface area contributed by atoms with Gasteiger partial charge in [0.25, 0.3) is 0 Å². The highest BCUT2D eigenvalue weighted by molar-refractivity contribution is 6.21. The number of rotatable bonds is 3. The van der Waals surface area contributed by atoms with Gasteiger partial charge in [0, 0.05) is 0 Å². The molecule has 0 aromatic heterocycles. The van der Waals surface area contributed by atoms with Crippen LogP contribution in [0.1, 0.15) is 58.9 Å². The normalized spacial score (nSPS) is 17.9. The maximum atomic E-state index is 6.67. The molecule has 0 bridgehead atoms. The van der Waals surface area contributed by atoms with Crippen molar-refractivity contribution in [3.05, 3.63) is 33.9 Å². The number of alkyl halides is 1. The molecule has 1 saturated carbocycles. The second-order valence-electron chi connectivity index (χ2n) is 5.67. The van der Waals surface area contributed by atoms with E-state index in [2.05, 4.69) is 33.8 Å². The highest BCUT2D eigenvalue weighted by Gasteiger charge is 2.24. The van der Waals surface area contributed by atoms with E-state index in [1.807, 2.05) is 0 Å². The Morgan fingerprint density at radius 1 is 1.12 bits per heavy atom. The average Bonchev–Trinajstić information content (AvgIpc) is 2.21. The predicted molar refractivity (Wildman–Crippen MR) is 75.9 cm³/mol. The Morgan fingerprint density at radius 2 is 1.65 bits per heavy atom. The summed E-state index contributed by atoms with van der Waals surface area (Å²) in [4.78, 5) is 0. The van der Waals surface area contributed by atoms with Crippen LogP contribution in [0, 0.1) is 33.6 Å². The molecule has 0 saturated heterocycles. The minimum Gasteiger partial charge on any atom is -0.118 e. The molecule has 0 heterocycles. The Bertz CT molecular complexity index is 390. The van der Waals surface area contributed by atoms with Gasteiger partial charge in [-0.3, -0.25) is 0 Å². The van der Waals surface area contributed by atoms with Crippen molar-refractivity contribution in [1.29, 1.82) is 0 Å². The summed E-state index contributed by atoms with van der Waals surface area (Å²) in [6.45, 7) is 8.82. The Kier molecular flexibility index (Phi) is 3.82. The molecule has 1 heteroatoms. The number of hydrogen-bond acceptors (Lipinski definition) is 0. The molecule has 94 valence electrons. The topological polar surface area (TPSA) is 0 Å². The smallest absolute Gasteiger partial charge is 0.0593 e. The highest BCUT2D eigenvalue weighted by atomic mass is 35.5. The first-order valence-corrected chi connectivity index (χ1v) is 7.15. The van der Waals surface area contributed by atoms with E-state index >= 15 is 0 Å². The van der Waals surface area contributed by atoms with Crippen molar-refractivity contribution in [3.63, 3.8) is 0 Å². The lowest BCUT2D eigenvalue weighted by molar-refractivity contribution is 0.293. The Balaban J connectivity index is 2.29. The molecule has 1 atom stereocenters. The molecule has 0 N–H and O–H groups in total. The van der Waals surface area contributed by atoms with Crippen molar-refractivity contribution in [2.75, 3.05) is 0 Å². The summed E-state index contributed by atoms with van der Waals surface area (Å²) in [6.07, 6.45) is 5.32. The average molecular weight is 251 g/mol. The SMILES string of the molecule is Cc1cc(C)c(C)c(C(Cl)CC2CCC2)c1C. The zero-order valence-electron chi connectivity index (χ0n) is 11.4. The van der Waals surface area contributed by atoms with E-state index in [0.29, 0.717) is 0 Å². The Morgan fingerprint density at radius 3 is 2.06 bits per heavy atom. The summed E-state index contributed by atoms with van der Waals surface area (Å²) < 4.78 is 0. The number of aryl methyl sites for hydroxylation is 2. The van der Waals surface area contributed by atoms with Crippen LogP contribution in [-0.4, -0.2) is 0 Å². The van der Waals surface area contributed by atoms with Crippen molar-refractivity contribution in [2.45, 2.75) is 58.8 Å². The van der Waals surface area contributed by atoms with E-state index < -0.39 is 0 Å². The lowest BCUT2D eigenvalue weighted by atomic mass is 9.79. The van der Waals surface area contributed by atoms with Gasteiger partial charge in [-0.2, -0.15) is 0 Å². The van der Waals surface area contributed by atoms with E-state index in [4.69, 9.17) is 11.6 Å². The molecule has 1 unspecified atom stereocenters. The third kappa shape index (κ3) is 2.52. The zero-order chi connectivity index (χ0) is 12.6. The third-order valence-corrected chi connectivity index (χ3v) is 4.90. The summed E-state index contributed by atoms with van der Waals surface area (Å²) in [7, 11) is 0. The van der Waals surface area contributed by atoms with E-state index in [0.717, 1.165) is 12.3 Å². The zero-order valence-corrected chi connectivity index (χ0v) is 12.2. The minimum absolute atomic E-state index is 0.207. The van der Waals surface area contributed by atoms with E-state index in [-0.39, 0.29) is 5.38 Å². The molecule has 0 aliphatic heterocycles. The van der Waals surface area contributed by atoms with E-state index in [1.165, 1.54) is 47.1 Å². The van der Waals surface area contributed by atoms with Crippen molar-refractivity contribution in [1.82, 2.24) is 0 Å². The molecule has 1 aliphatic rings. The van der Waals surface area contributed by atoms with Gasteiger partial charge in [0.15, 0.2) is 0 Å². The van der Waals surface area contributed by atoms with Gasteiger partial charge in [-0.15, -0.1) is 11.6 Å². The van der Waals surface area contributed by atoms with Gasteiger partial charge in [0.2, 0.25) is 0 Å². The van der Waals surface area contributed by atoms with Crippen LogP contribution in [0.15, 0.2) is 6.07 Å². The maximum absolute atomic E-state index is 6.67. The maximum Gasteiger partial charge on any atom is 0.0593 e. The largest absolute Gasteiger partial charge is 0.118 e. The van der Waals surface area contributed by atoms with Crippen LogP contribution in [0.3, 0.4) is 0 Å². The molecule has 17 heavy (non-hydrogen) atoms. The summed E-state index contributed by atoms with van der Waals surface area (Å²) in [6, 6.07) is 2.28. The molecule has 0 amide bonds. The van der Waals surface area contributed by atoms with Crippen LogP contribution in [0.2, 0.25) is 0 Å². The fourth-order valence-corrected chi connectivity index (χ4v) is 3.44. The summed E-state index contributed by atoms with van der Waals surface area (Å²) in [5, 5.41) is 0.207. The van der Waals surface area contributed by atoms with Crippen molar-refractivity contribution >= 4 is 11.6 Å². The van der Waals surface area contributed by atoms with Crippen LogP contribution < -0.4 is 0 Å². The van der Waals surface area contributed by atoms with Crippen molar-refractivity contribution in [2.24, 2.45) is 5.92 Å². The molecule has 1 aliphatic carbocycles. The van der Waals surface area contributed by atoms with Gasteiger partial charge in [0.1, 0.15) is 0 Å². The number of halogens is 1. The Hall–Kier alpha value is -0.490. The molecule has 0 nitrogen and oxygen atoms in total. The number of benzene rings is 1. The first kappa shape index (κ1) is 13.0. The minimum atomic E-state index is 0.207. The lowest BCUT2D eigenvalue weighted by Crippen LogP contribution is -2.14. The van der Waals surface area contributed by atoms with Crippen LogP contribution in [0.25, 0.3) is 0 Å². The molecule has 0 spiro atoms. The highest BCUT2D eigenvalue weighted by Crippen LogP contribution is 2.40. The summed E-state index contributed by atoms with van der Waals surface area (Å²) in [5.41, 5.74) is 6.95. The molecule has 1 aromatic rings. The first-order valence-electron chi connectivity index (χ1n) is 6.72. The molecule has 2 rings (SSSR count). The fourth-order valence-electron chi connectivity index (χ4n) is 2.86. The van der Waals surface area contributed by atoms with Gasteiger partial charge in [0.05, 0.1) is 5.38 Å². The number of hydrogen-bond donors (Lipinski definition) is 0. The van der Waals surface area contributed by atoms with Gasteiger partial charge >= 0.3 is 0 Å². The van der Waals surface area contributed by atoms with Crippen LogP contribution >= 0.6 is 11.6 Å². The van der Waals surface area contributed by atoms with Gasteiger partial charge < -0.3 is 0 Å². The molecule has 1 aromatic carbocycles. The summed E-state index contributed by atoms with van der Waals surface area (Å²) in [5.74, 6) is 0.872. The first-order chi connectivity index (χ1) is 8.00. The molecule has 0 radical (unpaired) electrons. The Labute approximate surface area is 110 Å². The van der Waals surface area contributed by atoms with Crippen LogP contribution in [0.5, 0.6) is 0 Å². The van der Waals surface area contributed by atoms with E-state index in [1.54, 1.807) is 0 Å². The van der Waals surface area contributed by atoms with Crippen molar-refractivity contribution < 1.29 is 0 Å². The third-order valence-electron chi connectivity index (χ3n) is 4.50. The fraction of sp³-hybridized carbons (Fsp3) is 0.625. The molecular formula is C16H23Cl. The quantitative estimate of drug-likeness (QED) is 0.631. The van der Waals surface area contributed by atoms with Gasteiger partial charge in [-0.05, 0) is 67.9 Å². The predicted octanol–water partition coefficient (Wildman–Crippen LogP) is 5.39. The van der Waals surface area contributed by atoms with E-state index in [9.17, 15) is 0 Å². The van der Waals surface area contributed by atoms with Crippen LogP contribution in [-0.2, 0) is 0 Å². The lowest BCUT2D eigenvalue weighted by Gasteiger charge is -2.29. The van der Waals surface area contributed by atoms with Gasteiger partial charge in [-0.25, -0.2) is 0 Å². The second kappa shape index (κ2) is 5.02. The van der Waals surface area contributed by atoms with Crippen molar-refractivity contribution in [3.8, 4) is 0 Å². The van der Waals surface area contributed by atoms with Crippen LogP contribution in [0.4, 0.5) is 0 Å².